The van der Waals surface area contributed by atoms with E-state index in [0.717, 1.165) is 69.4 Å². The summed E-state index contributed by atoms with van der Waals surface area (Å²) in [6, 6.07) is 8.01. The van der Waals surface area contributed by atoms with E-state index in [4.69, 9.17) is 11.5 Å². The molecule has 2 unspecified atom stereocenters. The smallest absolute Gasteiger partial charge is 0.229 e. The predicted molar refractivity (Wildman–Crippen MR) is 107 cm³/mol. The van der Waals surface area contributed by atoms with Gasteiger partial charge in [-0.05, 0) is 63.4 Å². The summed E-state index contributed by atoms with van der Waals surface area (Å²) < 4.78 is 0. The molecule has 1 aromatic rings. The fourth-order valence-corrected chi connectivity index (χ4v) is 4.40. The number of nitrogens with two attached hydrogens (primary N) is 2. The third-order valence-corrected chi connectivity index (χ3v) is 6.16. The van der Waals surface area contributed by atoms with Gasteiger partial charge in [-0.2, -0.15) is 0 Å². The predicted octanol–water partition coefficient (Wildman–Crippen LogP) is 2.23. The zero-order chi connectivity index (χ0) is 19.4. The van der Waals surface area contributed by atoms with Crippen molar-refractivity contribution in [2.75, 3.05) is 18.4 Å². The molecule has 1 aliphatic heterocycles. The van der Waals surface area contributed by atoms with Gasteiger partial charge in [0.2, 0.25) is 11.8 Å². The van der Waals surface area contributed by atoms with E-state index in [1.807, 2.05) is 25.1 Å². The maximum atomic E-state index is 12.7. The molecule has 6 nitrogen and oxygen atoms in total. The highest BCUT2D eigenvalue weighted by molar-refractivity contribution is 5.93. The number of anilines is 1. The van der Waals surface area contributed by atoms with E-state index in [-0.39, 0.29) is 23.7 Å². The molecule has 0 spiro atoms. The molecule has 2 atom stereocenters. The molecule has 1 saturated carbocycles. The van der Waals surface area contributed by atoms with E-state index >= 15 is 0 Å². The minimum atomic E-state index is -0.426. The molecule has 1 aliphatic carbocycles. The Morgan fingerprint density at radius 1 is 1.22 bits per heavy atom. The Morgan fingerprint density at radius 3 is 2.63 bits per heavy atom. The van der Waals surface area contributed by atoms with Crippen LogP contribution in [0.1, 0.15) is 51.0 Å². The number of piperidine rings is 1. The maximum absolute atomic E-state index is 12.7. The second kappa shape index (κ2) is 8.40. The summed E-state index contributed by atoms with van der Waals surface area (Å²) in [6.07, 6.45) is 5.55. The van der Waals surface area contributed by atoms with Gasteiger partial charge >= 0.3 is 0 Å². The van der Waals surface area contributed by atoms with Crippen molar-refractivity contribution < 1.29 is 9.59 Å². The van der Waals surface area contributed by atoms with Gasteiger partial charge in [-0.3, -0.25) is 14.5 Å². The van der Waals surface area contributed by atoms with Crippen LogP contribution in [0.2, 0.25) is 0 Å². The van der Waals surface area contributed by atoms with Crippen molar-refractivity contribution in [2.24, 2.45) is 23.3 Å². The van der Waals surface area contributed by atoms with Crippen LogP contribution in [0, 0.1) is 11.8 Å². The lowest BCUT2D eigenvalue weighted by atomic mass is 9.74. The third-order valence-electron chi connectivity index (χ3n) is 6.16. The lowest BCUT2D eigenvalue weighted by Crippen LogP contribution is -2.51. The molecule has 2 amide bonds. The Balaban J connectivity index is 1.57. The van der Waals surface area contributed by atoms with Crippen molar-refractivity contribution in [2.45, 2.75) is 57.5 Å². The number of primary amides is 1. The second-order valence-corrected chi connectivity index (χ2v) is 8.45. The van der Waals surface area contributed by atoms with Crippen LogP contribution in [0.4, 0.5) is 5.69 Å². The molecule has 1 heterocycles. The van der Waals surface area contributed by atoms with Crippen molar-refractivity contribution in [3.05, 3.63) is 29.8 Å². The molecule has 0 aromatic heterocycles. The third kappa shape index (κ3) is 5.08. The highest BCUT2D eigenvalue weighted by atomic mass is 16.2. The summed E-state index contributed by atoms with van der Waals surface area (Å²) in [5, 5.41) is 3.07. The number of likely N-dealkylation sites (tertiary alicyclic amines) is 1. The molecule has 6 heteroatoms. The highest BCUT2D eigenvalue weighted by Gasteiger charge is 2.37. The SMILES string of the molecule is CC1(N)CCCCC1C(=O)Nc1cccc(CN2CCC(C(N)=O)CC2)c1. The molecular weight excluding hydrogens is 340 g/mol. The van der Waals surface area contributed by atoms with E-state index < -0.39 is 5.54 Å². The maximum Gasteiger partial charge on any atom is 0.229 e. The fraction of sp³-hybridized carbons (Fsp3) is 0.619. The molecule has 1 saturated heterocycles. The Hall–Kier alpha value is -1.92. The van der Waals surface area contributed by atoms with Gasteiger partial charge in [-0.1, -0.05) is 25.0 Å². The van der Waals surface area contributed by atoms with Crippen molar-refractivity contribution >= 4 is 17.5 Å². The summed E-state index contributed by atoms with van der Waals surface area (Å²) in [5.74, 6) is -0.288. The zero-order valence-electron chi connectivity index (χ0n) is 16.2. The number of hydrogen-bond acceptors (Lipinski definition) is 4. The van der Waals surface area contributed by atoms with Gasteiger partial charge in [0.1, 0.15) is 0 Å². The van der Waals surface area contributed by atoms with E-state index in [1.54, 1.807) is 0 Å². The van der Waals surface area contributed by atoms with Gasteiger partial charge in [0, 0.05) is 23.7 Å². The summed E-state index contributed by atoms with van der Waals surface area (Å²) in [4.78, 5) is 26.4. The van der Waals surface area contributed by atoms with Crippen LogP contribution in [0.15, 0.2) is 24.3 Å². The number of nitrogens with one attached hydrogen (secondary N) is 1. The normalized spacial score (nSPS) is 27.3. The minimum Gasteiger partial charge on any atom is -0.369 e. The lowest BCUT2D eigenvalue weighted by Gasteiger charge is -2.37. The number of rotatable bonds is 5. The van der Waals surface area contributed by atoms with E-state index in [2.05, 4.69) is 16.3 Å². The van der Waals surface area contributed by atoms with Gasteiger partial charge in [-0.25, -0.2) is 0 Å². The zero-order valence-corrected chi connectivity index (χ0v) is 16.2. The molecule has 5 N–H and O–H groups in total. The summed E-state index contributed by atoms with van der Waals surface area (Å²) in [5.41, 5.74) is 13.3. The first-order valence-corrected chi connectivity index (χ1v) is 10.1. The van der Waals surface area contributed by atoms with Gasteiger partial charge < -0.3 is 16.8 Å². The standard InChI is InChI=1S/C21H32N4O2/c1-21(23)10-3-2-7-18(21)20(27)24-17-6-4-5-15(13-17)14-25-11-8-16(9-12-25)19(22)26/h4-6,13,16,18H,2-3,7-12,14,23H2,1H3,(H2,22,26)(H,24,27). The number of benzene rings is 1. The minimum absolute atomic E-state index is 0.00735. The highest BCUT2D eigenvalue weighted by Crippen LogP contribution is 2.32. The van der Waals surface area contributed by atoms with Gasteiger partial charge in [0.25, 0.3) is 0 Å². The summed E-state index contributed by atoms with van der Waals surface area (Å²) >= 11 is 0. The topological polar surface area (TPSA) is 101 Å². The van der Waals surface area contributed by atoms with Crippen molar-refractivity contribution in [1.82, 2.24) is 4.90 Å². The average Bonchev–Trinajstić information content (AvgIpc) is 2.62. The Labute approximate surface area is 161 Å². The first kappa shape index (κ1) is 19.8. The molecule has 1 aromatic carbocycles. The molecule has 2 fully saturated rings. The van der Waals surface area contributed by atoms with Crippen LogP contribution in [0.25, 0.3) is 0 Å². The van der Waals surface area contributed by atoms with Crippen LogP contribution >= 0.6 is 0 Å². The van der Waals surface area contributed by atoms with Crippen molar-refractivity contribution in [3.63, 3.8) is 0 Å². The second-order valence-electron chi connectivity index (χ2n) is 8.45. The van der Waals surface area contributed by atoms with E-state index in [1.165, 1.54) is 0 Å². The first-order valence-electron chi connectivity index (χ1n) is 10.1. The Kier molecular flexibility index (Phi) is 6.17. The summed E-state index contributed by atoms with van der Waals surface area (Å²) in [7, 11) is 0. The van der Waals surface area contributed by atoms with E-state index in [9.17, 15) is 9.59 Å². The quantitative estimate of drug-likeness (QED) is 0.737. The van der Waals surface area contributed by atoms with Gasteiger partial charge in [-0.15, -0.1) is 0 Å². The largest absolute Gasteiger partial charge is 0.369 e. The molecule has 2 aliphatic rings. The van der Waals surface area contributed by atoms with Crippen LogP contribution in [0.3, 0.4) is 0 Å². The Bertz CT molecular complexity index is 681. The molecule has 3 rings (SSSR count). The number of hydrogen-bond donors (Lipinski definition) is 3. The average molecular weight is 373 g/mol. The van der Waals surface area contributed by atoms with Gasteiger partial charge in [0.05, 0.1) is 5.92 Å². The number of nitrogens with zero attached hydrogens (tertiary/aromatic N) is 1. The molecule has 27 heavy (non-hydrogen) atoms. The molecule has 0 radical (unpaired) electrons. The first-order chi connectivity index (χ1) is 12.8. The van der Waals surface area contributed by atoms with Crippen LogP contribution in [-0.2, 0) is 16.1 Å². The van der Waals surface area contributed by atoms with Crippen molar-refractivity contribution in [1.29, 1.82) is 0 Å². The fourth-order valence-electron chi connectivity index (χ4n) is 4.40. The molecule has 148 valence electrons. The van der Waals surface area contributed by atoms with E-state index in [0.29, 0.717) is 0 Å². The number of amides is 2. The monoisotopic (exact) mass is 372 g/mol. The van der Waals surface area contributed by atoms with Crippen molar-refractivity contribution in [3.8, 4) is 0 Å². The molecular formula is C21H32N4O2. The summed E-state index contributed by atoms with van der Waals surface area (Å²) in [6.45, 7) is 4.55. The lowest BCUT2D eigenvalue weighted by molar-refractivity contribution is -0.123. The van der Waals surface area contributed by atoms with Crippen LogP contribution in [0.5, 0.6) is 0 Å². The van der Waals surface area contributed by atoms with Gasteiger partial charge in [0.15, 0.2) is 0 Å². The Morgan fingerprint density at radius 2 is 1.96 bits per heavy atom. The van der Waals surface area contributed by atoms with Crippen LogP contribution < -0.4 is 16.8 Å². The van der Waals surface area contributed by atoms with Crippen LogP contribution in [-0.4, -0.2) is 35.3 Å². The number of carbonyl (C=O) groups excluding carboxylic acids is 2. The number of carbonyl (C=O) groups is 2. The molecule has 0 bridgehead atoms.